The standard InChI is InChI=1S/C20H17F3N4O/c1-3-27(13-7-5-4-6-8-13)20(28)16-11-17(25-12(2)24-16)26-15-10-9-14(21)18(22)19(15)23/h4-11H,3H2,1-2H3,(H,24,25,26). The molecule has 5 nitrogen and oxygen atoms in total. The van der Waals surface area contributed by atoms with E-state index in [-0.39, 0.29) is 28.9 Å². The minimum Gasteiger partial charge on any atom is -0.338 e. The highest BCUT2D eigenvalue weighted by Crippen LogP contribution is 2.24. The molecule has 0 aliphatic rings. The van der Waals surface area contributed by atoms with E-state index in [4.69, 9.17) is 0 Å². The van der Waals surface area contributed by atoms with E-state index in [0.29, 0.717) is 12.2 Å². The molecule has 0 saturated carbocycles. The van der Waals surface area contributed by atoms with Crippen LogP contribution >= 0.6 is 0 Å². The van der Waals surface area contributed by atoms with Crippen molar-refractivity contribution in [2.24, 2.45) is 0 Å². The number of hydrogen-bond acceptors (Lipinski definition) is 4. The molecule has 1 N–H and O–H groups in total. The highest BCUT2D eigenvalue weighted by molar-refractivity contribution is 6.05. The van der Waals surface area contributed by atoms with Crippen LogP contribution in [-0.2, 0) is 0 Å². The molecule has 1 amide bonds. The summed E-state index contributed by atoms with van der Waals surface area (Å²) in [5, 5.41) is 2.57. The number of benzene rings is 2. The molecule has 1 heterocycles. The molecule has 0 radical (unpaired) electrons. The summed E-state index contributed by atoms with van der Waals surface area (Å²) in [6.45, 7) is 3.81. The number of para-hydroxylation sites is 1. The minimum absolute atomic E-state index is 0.0868. The van der Waals surface area contributed by atoms with Gasteiger partial charge in [-0.1, -0.05) is 18.2 Å². The third-order valence-corrected chi connectivity index (χ3v) is 3.98. The fourth-order valence-electron chi connectivity index (χ4n) is 2.69. The molecule has 3 aromatic rings. The number of carbonyl (C=O) groups is 1. The lowest BCUT2D eigenvalue weighted by Crippen LogP contribution is -2.31. The van der Waals surface area contributed by atoms with E-state index in [1.54, 1.807) is 19.1 Å². The van der Waals surface area contributed by atoms with Crippen LogP contribution in [0.1, 0.15) is 23.2 Å². The van der Waals surface area contributed by atoms with Crippen LogP contribution in [0, 0.1) is 24.4 Å². The number of hydrogen-bond donors (Lipinski definition) is 1. The zero-order valence-corrected chi connectivity index (χ0v) is 15.2. The number of amides is 1. The maximum absolute atomic E-state index is 13.9. The van der Waals surface area contributed by atoms with Gasteiger partial charge in [-0.25, -0.2) is 23.1 Å². The van der Waals surface area contributed by atoms with Crippen molar-refractivity contribution >= 4 is 23.1 Å². The van der Waals surface area contributed by atoms with Crippen LogP contribution in [0.25, 0.3) is 0 Å². The minimum atomic E-state index is -1.59. The molecule has 0 saturated heterocycles. The summed E-state index contributed by atoms with van der Waals surface area (Å²) in [4.78, 5) is 22.7. The number of aryl methyl sites for hydroxylation is 1. The molecule has 1 aromatic heterocycles. The molecule has 0 fully saturated rings. The number of nitrogens with one attached hydrogen (secondary N) is 1. The Morgan fingerprint density at radius 2 is 1.75 bits per heavy atom. The molecule has 0 bridgehead atoms. The summed E-state index contributed by atoms with van der Waals surface area (Å²) in [5.74, 6) is -4.27. The topological polar surface area (TPSA) is 58.1 Å². The van der Waals surface area contributed by atoms with Crippen LogP contribution in [0.3, 0.4) is 0 Å². The summed E-state index contributed by atoms with van der Waals surface area (Å²) in [6.07, 6.45) is 0. The van der Waals surface area contributed by atoms with Gasteiger partial charge in [-0.2, -0.15) is 0 Å². The molecule has 144 valence electrons. The number of nitrogens with zero attached hydrogens (tertiary/aromatic N) is 3. The zero-order valence-electron chi connectivity index (χ0n) is 15.2. The van der Waals surface area contributed by atoms with Crippen molar-refractivity contribution in [3.05, 3.63) is 77.5 Å². The van der Waals surface area contributed by atoms with Crippen LogP contribution in [0.5, 0.6) is 0 Å². The van der Waals surface area contributed by atoms with Gasteiger partial charge in [0.25, 0.3) is 5.91 Å². The molecule has 0 atom stereocenters. The maximum atomic E-state index is 13.9. The fraction of sp³-hybridized carbons (Fsp3) is 0.150. The van der Waals surface area contributed by atoms with Gasteiger partial charge >= 0.3 is 0 Å². The van der Waals surface area contributed by atoms with Gasteiger partial charge < -0.3 is 10.2 Å². The summed E-state index contributed by atoms with van der Waals surface area (Å²) >= 11 is 0. The fourth-order valence-corrected chi connectivity index (χ4v) is 2.69. The number of anilines is 3. The van der Waals surface area contributed by atoms with Crippen molar-refractivity contribution < 1.29 is 18.0 Å². The molecular weight excluding hydrogens is 369 g/mol. The summed E-state index contributed by atoms with van der Waals surface area (Å²) in [6, 6.07) is 12.3. The van der Waals surface area contributed by atoms with Crippen molar-refractivity contribution in [1.29, 1.82) is 0 Å². The molecule has 0 unspecified atom stereocenters. The van der Waals surface area contributed by atoms with E-state index in [1.165, 1.54) is 11.0 Å². The van der Waals surface area contributed by atoms with Crippen LogP contribution in [0.4, 0.5) is 30.4 Å². The van der Waals surface area contributed by atoms with Gasteiger partial charge in [0.2, 0.25) is 0 Å². The van der Waals surface area contributed by atoms with Gasteiger partial charge in [-0.15, -0.1) is 0 Å². The van der Waals surface area contributed by atoms with Crippen LogP contribution in [-0.4, -0.2) is 22.4 Å². The van der Waals surface area contributed by atoms with E-state index in [0.717, 1.165) is 12.1 Å². The van der Waals surface area contributed by atoms with Crippen molar-refractivity contribution in [3.8, 4) is 0 Å². The van der Waals surface area contributed by atoms with Crippen LogP contribution in [0.2, 0.25) is 0 Å². The lowest BCUT2D eigenvalue weighted by Gasteiger charge is -2.21. The molecule has 0 aliphatic carbocycles. The van der Waals surface area contributed by atoms with Gasteiger partial charge in [0.05, 0.1) is 5.69 Å². The normalized spacial score (nSPS) is 10.6. The molecule has 0 aliphatic heterocycles. The Morgan fingerprint density at radius 3 is 2.43 bits per heavy atom. The third-order valence-electron chi connectivity index (χ3n) is 3.98. The van der Waals surface area contributed by atoms with Crippen molar-refractivity contribution in [3.63, 3.8) is 0 Å². The molecule has 28 heavy (non-hydrogen) atoms. The Labute approximate surface area is 159 Å². The number of aromatic nitrogens is 2. The second-order valence-corrected chi connectivity index (χ2v) is 5.92. The van der Waals surface area contributed by atoms with E-state index in [1.807, 2.05) is 25.1 Å². The third kappa shape index (κ3) is 3.95. The predicted molar refractivity (Wildman–Crippen MR) is 100 cm³/mol. The lowest BCUT2D eigenvalue weighted by molar-refractivity contribution is 0.0983. The molecular formula is C20H17F3N4O. The van der Waals surface area contributed by atoms with Gasteiger partial charge in [-0.3, -0.25) is 4.79 Å². The molecule has 0 spiro atoms. The van der Waals surface area contributed by atoms with Gasteiger partial charge in [-0.05, 0) is 38.1 Å². The Kier molecular flexibility index (Phi) is 5.58. The smallest absolute Gasteiger partial charge is 0.277 e. The predicted octanol–water partition coefficient (Wildman–Crippen LogP) is 4.61. The Morgan fingerprint density at radius 1 is 1.04 bits per heavy atom. The summed E-state index contributed by atoms with van der Waals surface area (Å²) < 4.78 is 40.5. The Bertz CT molecular complexity index is 1010. The zero-order chi connectivity index (χ0) is 20.3. The Hall–Kier alpha value is -3.42. The first kappa shape index (κ1) is 19.3. The summed E-state index contributed by atoms with van der Waals surface area (Å²) in [5.41, 5.74) is 0.488. The number of rotatable bonds is 5. The van der Waals surface area contributed by atoms with Crippen molar-refractivity contribution in [2.45, 2.75) is 13.8 Å². The van der Waals surface area contributed by atoms with E-state index < -0.39 is 17.5 Å². The first-order valence-corrected chi connectivity index (χ1v) is 8.53. The van der Waals surface area contributed by atoms with Gasteiger partial charge in [0, 0.05) is 18.3 Å². The number of halogens is 3. The average Bonchev–Trinajstić information content (AvgIpc) is 2.69. The SMILES string of the molecule is CCN(C(=O)c1cc(Nc2ccc(F)c(F)c2F)nc(C)n1)c1ccccc1. The van der Waals surface area contributed by atoms with Crippen LogP contribution < -0.4 is 10.2 Å². The monoisotopic (exact) mass is 386 g/mol. The largest absolute Gasteiger partial charge is 0.338 e. The first-order chi connectivity index (χ1) is 13.4. The van der Waals surface area contributed by atoms with Crippen molar-refractivity contribution in [2.75, 3.05) is 16.8 Å². The maximum Gasteiger partial charge on any atom is 0.277 e. The molecule has 8 heteroatoms. The van der Waals surface area contributed by atoms with Gasteiger partial charge in [0.1, 0.15) is 17.3 Å². The van der Waals surface area contributed by atoms with Crippen LogP contribution in [0.15, 0.2) is 48.5 Å². The number of carbonyl (C=O) groups excluding carboxylic acids is 1. The van der Waals surface area contributed by atoms with E-state index in [2.05, 4.69) is 15.3 Å². The van der Waals surface area contributed by atoms with Gasteiger partial charge in [0.15, 0.2) is 17.5 Å². The summed E-state index contributed by atoms with van der Waals surface area (Å²) in [7, 11) is 0. The molecule has 2 aromatic carbocycles. The first-order valence-electron chi connectivity index (χ1n) is 8.53. The van der Waals surface area contributed by atoms with E-state index in [9.17, 15) is 18.0 Å². The highest BCUT2D eigenvalue weighted by Gasteiger charge is 2.20. The molecule has 3 rings (SSSR count). The van der Waals surface area contributed by atoms with E-state index >= 15 is 0 Å². The van der Waals surface area contributed by atoms with Crippen molar-refractivity contribution in [1.82, 2.24) is 9.97 Å². The highest BCUT2D eigenvalue weighted by atomic mass is 19.2. The quantitative estimate of drug-likeness (QED) is 0.651. The lowest BCUT2D eigenvalue weighted by atomic mass is 10.2. The second-order valence-electron chi connectivity index (χ2n) is 5.92. The average molecular weight is 386 g/mol. The second kappa shape index (κ2) is 8.08. The Balaban J connectivity index is 1.93.